The first-order chi connectivity index (χ1) is 5.42. The number of aliphatic hydroxyl groups is 1. The Morgan fingerprint density at radius 3 is 2.67 bits per heavy atom. The molecule has 1 aliphatic rings. The van der Waals surface area contributed by atoms with E-state index in [0.29, 0.717) is 12.8 Å². The van der Waals surface area contributed by atoms with Crippen LogP contribution in [0.4, 0.5) is 0 Å². The molecule has 3 heteroatoms. The summed E-state index contributed by atoms with van der Waals surface area (Å²) in [6.07, 6.45) is 1.17. The zero-order chi connectivity index (χ0) is 9.35. The molecule has 2 atom stereocenters. The van der Waals surface area contributed by atoms with Gasteiger partial charge in [-0.1, -0.05) is 0 Å². The summed E-state index contributed by atoms with van der Waals surface area (Å²) in [5.41, 5.74) is -0.886. The van der Waals surface area contributed by atoms with Gasteiger partial charge in [0.2, 0.25) is 0 Å². The van der Waals surface area contributed by atoms with Gasteiger partial charge in [0.05, 0.1) is 11.5 Å². The summed E-state index contributed by atoms with van der Waals surface area (Å²) in [4.78, 5) is 22.2. The van der Waals surface area contributed by atoms with Gasteiger partial charge >= 0.3 is 0 Å². The number of hydrogen-bond acceptors (Lipinski definition) is 3. The predicted octanol–water partition coefficient (Wildman–Crippen LogP) is 0.696. The fraction of sp³-hybridized carbons (Fsp3) is 0.778. The quantitative estimate of drug-likeness (QED) is 0.589. The Morgan fingerprint density at radius 1 is 1.67 bits per heavy atom. The summed E-state index contributed by atoms with van der Waals surface area (Å²) in [7, 11) is 0. The smallest absolute Gasteiger partial charge is 0.146 e. The van der Waals surface area contributed by atoms with Crippen LogP contribution in [0, 0.1) is 5.92 Å². The number of rotatable bonds is 1. The molecule has 1 fully saturated rings. The van der Waals surface area contributed by atoms with Gasteiger partial charge in [0.25, 0.3) is 0 Å². The van der Waals surface area contributed by atoms with Crippen LogP contribution in [0.25, 0.3) is 0 Å². The maximum atomic E-state index is 11.3. The van der Waals surface area contributed by atoms with Crippen molar-refractivity contribution in [1.82, 2.24) is 0 Å². The molecule has 0 aliphatic heterocycles. The highest BCUT2D eigenvalue weighted by molar-refractivity contribution is 6.02. The highest BCUT2D eigenvalue weighted by Crippen LogP contribution is 2.29. The highest BCUT2D eigenvalue weighted by atomic mass is 16.3. The Balaban J connectivity index is 2.66. The van der Waals surface area contributed by atoms with Crippen LogP contribution in [0.15, 0.2) is 0 Å². The maximum absolute atomic E-state index is 11.3. The van der Waals surface area contributed by atoms with Gasteiger partial charge in [0.15, 0.2) is 0 Å². The van der Waals surface area contributed by atoms with E-state index in [-0.39, 0.29) is 18.0 Å². The van der Waals surface area contributed by atoms with Crippen LogP contribution in [-0.4, -0.2) is 22.3 Å². The Kier molecular flexibility index (Phi) is 2.33. The van der Waals surface area contributed by atoms with Gasteiger partial charge in [-0.05, 0) is 26.7 Å². The topological polar surface area (TPSA) is 54.4 Å². The highest BCUT2D eigenvalue weighted by Gasteiger charge is 2.36. The van der Waals surface area contributed by atoms with Crippen molar-refractivity contribution in [1.29, 1.82) is 0 Å². The van der Waals surface area contributed by atoms with Crippen LogP contribution in [-0.2, 0) is 9.59 Å². The third-order valence-corrected chi connectivity index (χ3v) is 2.41. The minimum atomic E-state index is -0.886. The number of Topliss-reactive ketones (excluding diaryl/α,β-unsaturated/α-hetero) is 2. The lowest BCUT2D eigenvalue weighted by Crippen LogP contribution is -2.39. The predicted molar refractivity (Wildman–Crippen MR) is 43.7 cm³/mol. The number of carbonyl (C=O) groups excluding carboxylic acids is 2. The first-order valence-electron chi connectivity index (χ1n) is 4.18. The zero-order valence-electron chi connectivity index (χ0n) is 7.46. The molecule has 1 saturated carbocycles. The molecule has 0 aromatic rings. The molecule has 3 nitrogen and oxygen atoms in total. The summed E-state index contributed by atoms with van der Waals surface area (Å²) in [6.45, 7) is 3.07. The molecule has 0 amide bonds. The maximum Gasteiger partial charge on any atom is 0.146 e. The molecule has 0 spiro atoms. The molecule has 0 heterocycles. The van der Waals surface area contributed by atoms with Gasteiger partial charge in [-0.25, -0.2) is 0 Å². The van der Waals surface area contributed by atoms with E-state index in [9.17, 15) is 14.7 Å². The molecule has 12 heavy (non-hydrogen) atoms. The van der Waals surface area contributed by atoms with E-state index in [1.54, 1.807) is 6.92 Å². The first-order valence-corrected chi connectivity index (χ1v) is 4.18. The normalized spacial score (nSPS) is 36.6. The summed E-state index contributed by atoms with van der Waals surface area (Å²) in [5.74, 6) is -0.639. The van der Waals surface area contributed by atoms with Crippen molar-refractivity contribution in [3.05, 3.63) is 0 Å². The summed E-state index contributed by atoms with van der Waals surface area (Å²) in [5, 5.41) is 9.51. The van der Waals surface area contributed by atoms with Crippen LogP contribution in [0.3, 0.4) is 0 Å². The average Bonchev–Trinajstić information content (AvgIpc) is 1.83. The van der Waals surface area contributed by atoms with E-state index >= 15 is 0 Å². The second kappa shape index (κ2) is 2.98. The molecule has 0 aromatic heterocycles. The van der Waals surface area contributed by atoms with Crippen LogP contribution in [0.2, 0.25) is 0 Å². The van der Waals surface area contributed by atoms with Gasteiger partial charge in [-0.15, -0.1) is 0 Å². The van der Waals surface area contributed by atoms with Gasteiger partial charge in [0, 0.05) is 6.42 Å². The lowest BCUT2D eigenvalue weighted by atomic mass is 9.77. The molecule has 0 saturated heterocycles. The van der Waals surface area contributed by atoms with E-state index < -0.39 is 11.5 Å². The standard InChI is InChI=1S/C9H14O3/c1-6(10)7-3-4-9(2,12)5-8(7)11/h7,12H,3-5H2,1-2H3/t7-,9-/m1/s1. The second-order valence-electron chi connectivity index (χ2n) is 3.84. The summed E-state index contributed by atoms with van der Waals surface area (Å²) < 4.78 is 0. The van der Waals surface area contributed by atoms with Crippen molar-refractivity contribution in [2.75, 3.05) is 0 Å². The fourth-order valence-electron chi connectivity index (χ4n) is 1.63. The SMILES string of the molecule is CC(=O)[C@H]1CC[C@@](C)(O)CC1=O. The summed E-state index contributed by atoms with van der Waals surface area (Å²) in [6, 6.07) is 0. The Hall–Kier alpha value is -0.700. The second-order valence-corrected chi connectivity index (χ2v) is 3.84. The van der Waals surface area contributed by atoms with E-state index in [2.05, 4.69) is 0 Å². The van der Waals surface area contributed by atoms with Gasteiger partial charge < -0.3 is 5.11 Å². The zero-order valence-corrected chi connectivity index (χ0v) is 7.46. The van der Waals surface area contributed by atoms with E-state index in [1.807, 2.05) is 0 Å². The molecule has 0 unspecified atom stereocenters. The van der Waals surface area contributed by atoms with Gasteiger partial charge in [-0.2, -0.15) is 0 Å². The molecular formula is C9H14O3. The van der Waals surface area contributed by atoms with E-state index in [0.717, 1.165) is 0 Å². The van der Waals surface area contributed by atoms with Crippen LogP contribution in [0.1, 0.15) is 33.1 Å². The van der Waals surface area contributed by atoms with Crippen molar-refractivity contribution < 1.29 is 14.7 Å². The number of carbonyl (C=O) groups is 2. The first kappa shape index (κ1) is 9.39. The van der Waals surface area contributed by atoms with Crippen LogP contribution >= 0.6 is 0 Å². The minimum Gasteiger partial charge on any atom is -0.390 e. The van der Waals surface area contributed by atoms with E-state index in [1.165, 1.54) is 6.92 Å². The van der Waals surface area contributed by atoms with Crippen LogP contribution in [0.5, 0.6) is 0 Å². The van der Waals surface area contributed by atoms with Crippen molar-refractivity contribution in [3.8, 4) is 0 Å². The van der Waals surface area contributed by atoms with Gasteiger partial charge in [0.1, 0.15) is 11.6 Å². The van der Waals surface area contributed by atoms with Crippen molar-refractivity contribution in [3.63, 3.8) is 0 Å². The molecule has 1 N–H and O–H groups in total. The molecule has 0 radical (unpaired) electrons. The number of ketones is 2. The van der Waals surface area contributed by atoms with Crippen molar-refractivity contribution in [2.24, 2.45) is 5.92 Å². The monoisotopic (exact) mass is 170 g/mol. The molecule has 0 aromatic carbocycles. The molecule has 0 bridgehead atoms. The molecule has 1 aliphatic carbocycles. The number of hydrogen-bond donors (Lipinski definition) is 1. The Labute approximate surface area is 71.8 Å². The summed E-state index contributed by atoms with van der Waals surface area (Å²) >= 11 is 0. The largest absolute Gasteiger partial charge is 0.390 e. The molecular weight excluding hydrogens is 156 g/mol. The minimum absolute atomic E-state index is 0.0736. The lowest BCUT2D eigenvalue weighted by molar-refractivity contribution is -0.138. The van der Waals surface area contributed by atoms with Crippen molar-refractivity contribution >= 4 is 11.6 Å². The third kappa shape index (κ3) is 1.91. The van der Waals surface area contributed by atoms with Gasteiger partial charge in [-0.3, -0.25) is 9.59 Å². The lowest BCUT2D eigenvalue weighted by Gasteiger charge is -2.30. The Morgan fingerprint density at radius 2 is 2.25 bits per heavy atom. The third-order valence-electron chi connectivity index (χ3n) is 2.41. The average molecular weight is 170 g/mol. The molecule has 1 rings (SSSR count). The molecule has 68 valence electrons. The Bertz CT molecular complexity index is 218. The van der Waals surface area contributed by atoms with E-state index in [4.69, 9.17) is 0 Å². The van der Waals surface area contributed by atoms with Crippen molar-refractivity contribution in [2.45, 2.75) is 38.7 Å². The van der Waals surface area contributed by atoms with Crippen LogP contribution < -0.4 is 0 Å². The fourth-order valence-corrected chi connectivity index (χ4v) is 1.63.